The first kappa shape index (κ1) is 17.1. The third-order valence-electron chi connectivity index (χ3n) is 4.38. The molecule has 1 N–H and O–H groups in total. The van der Waals surface area contributed by atoms with Gasteiger partial charge in [-0.25, -0.2) is 13.4 Å². The lowest BCUT2D eigenvalue weighted by Gasteiger charge is -2.04. The second kappa shape index (κ2) is 6.41. The number of H-pyrrole nitrogens is 1. The number of halogens is 2. The van der Waals surface area contributed by atoms with E-state index in [0.29, 0.717) is 22.3 Å². The molecule has 0 unspecified atom stereocenters. The van der Waals surface area contributed by atoms with E-state index in [1.807, 2.05) is 24.3 Å². The van der Waals surface area contributed by atoms with Gasteiger partial charge < -0.3 is 4.98 Å². The van der Waals surface area contributed by atoms with Crippen LogP contribution in [-0.2, 0) is 16.3 Å². The molecule has 0 bridgehead atoms. The van der Waals surface area contributed by atoms with Crippen LogP contribution < -0.4 is 0 Å². The second-order valence-corrected chi connectivity index (χ2v) is 9.81. The summed E-state index contributed by atoms with van der Waals surface area (Å²) in [6, 6.07) is 10.8. The molecule has 3 aromatic rings. The van der Waals surface area contributed by atoms with E-state index in [9.17, 15) is 8.42 Å². The predicted molar refractivity (Wildman–Crippen MR) is 103 cm³/mol. The van der Waals surface area contributed by atoms with Crippen molar-refractivity contribution in [1.29, 1.82) is 0 Å². The largest absolute Gasteiger partial charge is 0.342 e. The van der Waals surface area contributed by atoms with Gasteiger partial charge in [0.1, 0.15) is 5.82 Å². The van der Waals surface area contributed by atoms with Crippen molar-refractivity contribution >= 4 is 48.4 Å². The molecule has 4 rings (SSSR count). The molecule has 25 heavy (non-hydrogen) atoms. The number of rotatable bonds is 5. The zero-order chi connectivity index (χ0) is 17.6. The minimum Gasteiger partial charge on any atom is -0.342 e. The summed E-state index contributed by atoms with van der Waals surface area (Å²) in [5.41, 5.74) is 2.73. The van der Waals surface area contributed by atoms with Gasteiger partial charge in [-0.05, 0) is 64.5 Å². The number of benzene rings is 2. The summed E-state index contributed by atoms with van der Waals surface area (Å²) < 4.78 is 25.4. The highest BCUT2D eigenvalue weighted by atomic mass is 79.9. The van der Waals surface area contributed by atoms with Gasteiger partial charge in [-0.3, -0.25) is 0 Å². The van der Waals surface area contributed by atoms with E-state index >= 15 is 0 Å². The fourth-order valence-electron chi connectivity index (χ4n) is 2.84. The van der Waals surface area contributed by atoms with Crippen LogP contribution in [0.15, 0.2) is 45.8 Å². The molecule has 0 saturated heterocycles. The molecule has 0 amide bonds. The van der Waals surface area contributed by atoms with Crippen molar-refractivity contribution in [2.75, 3.05) is 5.75 Å². The van der Waals surface area contributed by atoms with E-state index < -0.39 is 9.84 Å². The zero-order valence-corrected chi connectivity index (χ0v) is 16.5. The summed E-state index contributed by atoms with van der Waals surface area (Å²) in [5, 5.41) is 0.632. The number of fused-ring (bicyclic) bond motifs is 1. The van der Waals surface area contributed by atoms with Crippen LogP contribution in [0.2, 0.25) is 5.02 Å². The third-order valence-corrected chi connectivity index (χ3v) is 7.48. The Morgan fingerprint density at radius 3 is 2.60 bits per heavy atom. The molecule has 130 valence electrons. The van der Waals surface area contributed by atoms with Crippen molar-refractivity contribution in [3.8, 4) is 0 Å². The lowest BCUT2D eigenvalue weighted by molar-refractivity contribution is 0.592. The van der Waals surface area contributed by atoms with Crippen LogP contribution in [0, 0.1) is 5.92 Å². The second-order valence-electron chi connectivity index (χ2n) is 6.51. The van der Waals surface area contributed by atoms with Gasteiger partial charge in [-0.15, -0.1) is 0 Å². The van der Waals surface area contributed by atoms with Crippen molar-refractivity contribution in [3.05, 3.63) is 57.3 Å². The highest BCUT2D eigenvalue weighted by Crippen LogP contribution is 2.32. The number of sulfone groups is 1. The fraction of sp³-hybridized carbons (Fsp3) is 0.278. The van der Waals surface area contributed by atoms with Crippen LogP contribution >= 0.6 is 27.5 Å². The summed E-state index contributed by atoms with van der Waals surface area (Å²) in [6.45, 7) is 0. The molecule has 0 aliphatic heterocycles. The van der Waals surface area contributed by atoms with Gasteiger partial charge in [-0.2, -0.15) is 0 Å². The SMILES string of the molecule is O=S(=O)(CC1CC1)c1ccc(Cc2nc3cc(Br)c(Cl)cc3[nH]2)cc1. The molecule has 1 saturated carbocycles. The van der Waals surface area contributed by atoms with Gasteiger partial charge in [0.2, 0.25) is 0 Å². The normalized spacial score (nSPS) is 15.0. The van der Waals surface area contributed by atoms with Crippen LogP contribution in [-0.4, -0.2) is 24.1 Å². The first-order valence-corrected chi connectivity index (χ1v) is 10.9. The number of aromatic nitrogens is 2. The number of hydrogen-bond acceptors (Lipinski definition) is 3. The van der Waals surface area contributed by atoms with Gasteiger partial charge in [-0.1, -0.05) is 23.7 Å². The van der Waals surface area contributed by atoms with Gasteiger partial charge in [0.25, 0.3) is 0 Å². The Bertz CT molecular complexity index is 1000. The van der Waals surface area contributed by atoms with Gasteiger partial charge in [0.05, 0.1) is 26.7 Å². The summed E-state index contributed by atoms with van der Waals surface area (Å²) in [7, 11) is -3.16. The first-order valence-electron chi connectivity index (χ1n) is 8.06. The van der Waals surface area contributed by atoms with Crippen molar-refractivity contribution < 1.29 is 8.42 Å². The van der Waals surface area contributed by atoms with E-state index in [1.54, 1.807) is 12.1 Å². The summed E-state index contributed by atoms with van der Waals surface area (Å²) in [4.78, 5) is 8.23. The standard InChI is InChI=1S/C18H16BrClN2O2S/c19-14-8-16-17(9-15(14)20)22-18(21-16)7-11-3-5-13(6-4-11)25(23,24)10-12-1-2-12/h3-6,8-9,12H,1-2,7,10H2,(H,21,22). The Hall–Kier alpha value is -1.37. The molecule has 0 radical (unpaired) electrons. The van der Waals surface area contributed by atoms with Crippen LogP contribution in [0.3, 0.4) is 0 Å². The van der Waals surface area contributed by atoms with Crippen molar-refractivity contribution in [2.24, 2.45) is 5.92 Å². The number of hydrogen-bond donors (Lipinski definition) is 1. The number of nitrogens with zero attached hydrogens (tertiary/aromatic N) is 1. The van der Waals surface area contributed by atoms with Crippen molar-refractivity contribution in [2.45, 2.75) is 24.2 Å². The maximum absolute atomic E-state index is 12.3. The lowest BCUT2D eigenvalue weighted by Crippen LogP contribution is -2.08. The van der Waals surface area contributed by atoms with E-state index in [2.05, 4.69) is 25.9 Å². The Labute approximate surface area is 159 Å². The first-order chi connectivity index (χ1) is 11.9. The molecule has 4 nitrogen and oxygen atoms in total. The maximum Gasteiger partial charge on any atom is 0.178 e. The highest BCUT2D eigenvalue weighted by Gasteiger charge is 2.28. The molecule has 7 heteroatoms. The summed E-state index contributed by atoms with van der Waals surface area (Å²) in [6.07, 6.45) is 2.67. The molecule has 1 aromatic heterocycles. The molecule has 1 aliphatic carbocycles. The molecule has 1 fully saturated rings. The van der Waals surface area contributed by atoms with Crippen LogP contribution in [0.5, 0.6) is 0 Å². The minimum absolute atomic E-state index is 0.269. The van der Waals surface area contributed by atoms with E-state index in [0.717, 1.165) is 39.7 Å². The third kappa shape index (κ3) is 3.76. The van der Waals surface area contributed by atoms with Crippen molar-refractivity contribution in [3.63, 3.8) is 0 Å². The zero-order valence-electron chi connectivity index (χ0n) is 13.3. The molecular formula is C18H16BrClN2O2S. The van der Waals surface area contributed by atoms with E-state index in [1.165, 1.54) is 0 Å². The van der Waals surface area contributed by atoms with Gasteiger partial charge >= 0.3 is 0 Å². The van der Waals surface area contributed by atoms with Crippen LogP contribution in [0.4, 0.5) is 0 Å². The molecule has 2 aromatic carbocycles. The summed E-state index contributed by atoms with van der Waals surface area (Å²) in [5.74, 6) is 1.44. The summed E-state index contributed by atoms with van der Waals surface area (Å²) >= 11 is 9.50. The minimum atomic E-state index is -3.16. The lowest BCUT2D eigenvalue weighted by atomic mass is 10.1. The quantitative estimate of drug-likeness (QED) is 0.624. The number of imidazole rings is 1. The highest BCUT2D eigenvalue weighted by molar-refractivity contribution is 9.10. The van der Waals surface area contributed by atoms with Crippen molar-refractivity contribution in [1.82, 2.24) is 9.97 Å². The Morgan fingerprint density at radius 1 is 1.20 bits per heavy atom. The topological polar surface area (TPSA) is 62.8 Å². The molecule has 0 spiro atoms. The molecule has 1 aliphatic rings. The fourth-order valence-corrected chi connectivity index (χ4v) is 5.03. The van der Waals surface area contributed by atoms with Gasteiger partial charge in [0.15, 0.2) is 9.84 Å². The van der Waals surface area contributed by atoms with Crippen LogP contribution in [0.25, 0.3) is 11.0 Å². The average Bonchev–Trinajstić information content (AvgIpc) is 3.28. The maximum atomic E-state index is 12.3. The Kier molecular flexibility index (Phi) is 4.38. The van der Waals surface area contributed by atoms with Gasteiger partial charge in [0, 0.05) is 10.9 Å². The smallest absolute Gasteiger partial charge is 0.178 e. The van der Waals surface area contributed by atoms with E-state index in [-0.39, 0.29) is 5.75 Å². The Balaban J connectivity index is 1.54. The van der Waals surface area contributed by atoms with E-state index in [4.69, 9.17) is 11.6 Å². The van der Waals surface area contributed by atoms with Crippen LogP contribution in [0.1, 0.15) is 24.2 Å². The molecular weight excluding hydrogens is 424 g/mol. The monoisotopic (exact) mass is 438 g/mol. The Morgan fingerprint density at radius 2 is 1.92 bits per heavy atom. The predicted octanol–water partition coefficient (Wildman–Crippen LogP) is 4.75. The number of nitrogens with one attached hydrogen (secondary N) is 1. The average molecular weight is 440 g/mol. The number of aromatic amines is 1. The molecule has 0 atom stereocenters. The molecule has 1 heterocycles.